The van der Waals surface area contributed by atoms with E-state index in [2.05, 4.69) is 4.98 Å². The number of carbonyl (C=O) groups excluding carboxylic acids is 1. The number of ether oxygens (including phenoxy) is 2. The van der Waals surface area contributed by atoms with Gasteiger partial charge in [0.2, 0.25) is 5.88 Å². The summed E-state index contributed by atoms with van der Waals surface area (Å²) in [7, 11) is 2.98. The Balaban J connectivity index is 3.12. The second kappa shape index (κ2) is 4.75. The van der Waals surface area contributed by atoms with Gasteiger partial charge in [-0.3, -0.25) is 4.79 Å². The van der Waals surface area contributed by atoms with Crippen LogP contribution in [0.4, 0.5) is 0 Å². The maximum absolute atomic E-state index is 11.6. The van der Waals surface area contributed by atoms with Gasteiger partial charge in [0.05, 0.1) is 20.3 Å². The molecule has 5 heteroatoms. The van der Waals surface area contributed by atoms with Crippen LogP contribution >= 0.6 is 0 Å². The molecule has 1 aromatic rings. The van der Waals surface area contributed by atoms with E-state index in [1.165, 1.54) is 20.3 Å². The predicted molar refractivity (Wildman–Crippen MR) is 55.3 cm³/mol. The van der Waals surface area contributed by atoms with Crippen LogP contribution in [0.2, 0.25) is 0 Å². The quantitative estimate of drug-likeness (QED) is 0.738. The first kappa shape index (κ1) is 11.5. The number of pyridine rings is 1. The molecule has 0 radical (unpaired) electrons. The maximum Gasteiger partial charge on any atom is 0.217 e. The fraction of sp³-hybridized carbons (Fsp3) is 0.400. The lowest BCUT2D eigenvalue weighted by atomic mass is 10.1. The SMILES string of the molecule is COc1cc(OC)nc(C(=O)C(C)N)c1. The number of hydrogen-bond acceptors (Lipinski definition) is 5. The summed E-state index contributed by atoms with van der Waals surface area (Å²) in [5.41, 5.74) is 5.73. The molecular weight excluding hydrogens is 196 g/mol. The third-order valence-electron chi connectivity index (χ3n) is 1.89. The van der Waals surface area contributed by atoms with Crippen molar-refractivity contribution in [2.24, 2.45) is 5.73 Å². The van der Waals surface area contributed by atoms with Crippen molar-refractivity contribution in [2.75, 3.05) is 14.2 Å². The fourth-order valence-corrected chi connectivity index (χ4v) is 1.06. The van der Waals surface area contributed by atoms with Crippen LogP contribution in [0.3, 0.4) is 0 Å². The van der Waals surface area contributed by atoms with Crippen LogP contribution in [0.15, 0.2) is 12.1 Å². The van der Waals surface area contributed by atoms with Crippen molar-refractivity contribution in [3.8, 4) is 11.6 Å². The fourth-order valence-electron chi connectivity index (χ4n) is 1.06. The molecule has 0 aliphatic carbocycles. The molecule has 1 heterocycles. The summed E-state index contributed by atoms with van der Waals surface area (Å²) in [4.78, 5) is 15.6. The van der Waals surface area contributed by atoms with Gasteiger partial charge in [-0.25, -0.2) is 4.98 Å². The minimum absolute atomic E-state index is 0.243. The molecule has 0 fully saturated rings. The van der Waals surface area contributed by atoms with Gasteiger partial charge < -0.3 is 15.2 Å². The Hall–Kier alpha value is -1.62. The minimum atomic E-state index is -0.589. The Morgan fingerprint density at radius 1 is 1.40 bits per heavy atom. The number of carbonyl (C=O) groups is 1. The number of ketones is 1. The van der Waals surface area contributed by atoms with E-state index in [1.54, 1.807) is 13.0 Å². The molecule has 1 atom stereocenters. The van der Waals surface area contributed by atoms with Crippen molar-refractivity contribution < 1.29 is 14.3 Å². The lowest BCUT2D eigenvalue weighted by Gasteiger charge is -2.08. The van der Waals surface area contributed by atoms with Gasteiger partial charge in [-0.15, -0.1) is 0 Å². The maximum atomic E-state index is 11.6. The normalized spacial score (nSPS) is 12.0. The van der Waals surface area contributed by atoms with Crippen LogP contribution in [-0.4, -0.2) is 31.0 Å². The van der Waals surface area contributed by atoms with Crippen LogP contribution in [-0.2, 0) is 0 Å². The third kappa shape index (κ3) is 2.66. The van der Waals surface area contributed by atoms with Crippen LogP contribution in [0.5, 0.6) is 11.6 Å². The number of nitrogens with zero attached hydrogens (tertiary/aromatic N) is 1. The number of hydrogen-bond donors (Lipinski definition) is 1. The van der Waals surface area contributed by atoms with E-state index in [9.17, 15) is 4.79 Å². The first-order valence-electron chi connectivity index (χ1n) is 4.48. The van der Waals surface area contributed by atoms with Gasteiger partial charge in [0.15, 0.2) is 5.78 Å². The zero-order valence-corrected chi connectivity index (χ0v) is 8.98. The smallest absolute Gasteiger partial charge is 0.217 e. The van der Waals surface area contributed by atoms with E-state index >= 15 is 0 Å². The number of methoxy groups -OCH3 is 2. The standard InChI is InChI=1S/C10H14N2O3/c1-6(11)10(13)8-4-7(14-2)5-9(12-8)15-3/h4-6H,11H2,1-3H3. The number of nitrogens with two attached hydrogens (primary N) is 1. The Morgan fingerprint density at radius 2 is 2.07 bits per heavy atom. The highest BCUT2D eigenvalue weighted by molar-refractivity contribution is 5.98. The first-order chi connectivity index (χ1) is 7.08. The van der Waals surface area contributed by atoms with E-state index in [4.69, 9.17) is 15.2 Å². The van der Waals surface area contributed by atoms with Crippen LogP contribution in [0.1, 0.15) is 17.4 Å². The molecule has 82 valence electrons. The molecule has 0 amide bonds. The molecule has 2 N–H and O–H groups in total. The monoisotopic (exact) mass is 210 g/mol. The van der Waals surface area contributed by atoms with Gasteiger partial charge in [0.1, 0.15) is 11.4 Å². The Morgan fingerprint density at radius 3 is 2.53 bits per heavy atom. The molecule has 0 aromatic carbocycles. The highest BCUT2D eigenvalue weighted by Gasteiger charge is 2.14. The lowest BCUT2D eigenvalue weighted by Crippen LogP contribution is -2.27. The average Bonchev–Trinajstić information content (AvgIpc) is 2.27. The van der Waals surface area contributed by atoms with Crippen molar-refractivity contribution in [2.45, 2.75) is 13.0 Å². The van der Waals surface area contributed by atoms with Gasteiger partial charge in [0, 0.05) is 12.1 Å². The van der Waals surface area contributed by atoms with Crippen LogP contribution in [0.25, 0.3) is 0 Å². The Bertz CT molecular complexity index is 341. The Labute approximate surface area is 88.2 Å². The molecule has 0 saturated carbocycles. The average molecular weight is 210 g/mol. The van der Waals surface area contributed by atoms with Crippen molar-refractivity contribution >= 4 is 5.78 Å². The predicted octanol–water partition coefficient (Wildman–Crippen LogP) is 0.629. The molecule has 0 saturated heterocycles. The van der Waals surface area contributed by atoms with E-state index in [0.717, 1.165) is 0 Å². The zero-order chi connectivity index (χ0) is 11.4. The summed E-state index contributed by atoms with van der Waals surface area (Å²) in [5.74, 6) is 0.608. The Kier molecular flexibility index (Phi) is 3.62. The van der Waals surface area contributed by atoms with Gasteiger partial charge >= 0.3 is 0 Å². The summed E-state index contributed by atoms with van der Waals surface area (Å²) >= 11 is 0. The second-order valence-corrected chi connectivity index (χ2v) is 3.09. The molecular formula is C10H14N2O3. The first-order valence-corrected chi connectivity index (χ1v) is 4.48. The molecule has 5 nitrogen and oxygen atoms in total. The third-order valence-corrected chi connectivity index (χ3v) is 1.89. The molecule has 1 aromatic heterocycles. The van der Waals surface area contributed by atoms with E-state index in [-0.39, 0.29) is 11.5 Å². The summed E-state index contributed by atoms with van der Waals surface area (Å²) in [6.45, 7) is 1.61. The van der Waals surface area contributed by atoms with Crippen molar-refractivity contribution in [3.63, 3.8) is 0 Å². The molecule has 0 bridgehead atoms. The van der Waals surface area contributed by atoms with Gasteiger partial charge in [-0.05, 0) is 6.92 Å². The molecule has 0 aliphatic rings. The zero-order valence-electron chi connectivity index (χ0n) is 8.98. The number of Topliss-reactive ketones (excluding diaryl/α,β-unsaturated/α-hetero) is 1. The van der Waals surface area contributed by atoms with Crippen molar-refractivity contribution in [1.29, 1.82) is 0 Å². The van der Waals surface area contributed by atoms with Gasteiger partial charge in [0.25, 0.3) is 0 Å². The highest BCUT2D eigenvalue weighted by Crippen LogP contribution is 2.19. The van der Waals surface area contributed by atoms with Crippen LogP contribution < -0.4 is 15.2 Å². The minimum Gasteiger partial charge on any atom is -0.496 e. The van der Waals surface area contributed by atoms with E-state index in [0.29, 0.717) is 11.6 Å². The molecule has 0 spiro atoms. The molecule has 15 heavy (non-hydrogen) atoms. The van der Waals surface area contributed by atoms with Crippen LogP contribution in [0, 0.1) is 0 Å². The summed E-state index contributed by atoms with van der Waals surface area (Å²) in [5, 5.41) is 0. The summed E-state index contributed by atoms with van der Waals surface area (Å²) in [6, 6.07) is 2.54. The van der Waals surface area contributed by atoms with Gasteiger partial charge in [-0.1, -0.05) is 0 Å². The largest absolute Gasteiger partial charge is 0.496 e. The molecule has 0 aliphatic heterocycles. The van der Waals surface area contributed by atoms with E-state index < -0.39 is 6.04 Å². The topological polar surface area (TPSA) is 74.4 Å². The second-order valence-electron chi connectivity index (χ2n) is 3.09. The number of rotatable bonds is 4. The lowest BCUT2D eigenvalue weighted by molar-refractivity contribution is 0.0962. The van der Waals surface area contributed by atoms with Crippen molar-refractivity contribution in [1.82, 2.24) is 4.98 Å². The van der Waals surface area contributed by atoms with Gasteiger partial charge in [-0.2, -0.15) is 0 Å². The van der Waals surface area contributed by atoms with E-state index in [1.807, 2.05) is 0 Å². The number of aromatic nitrogens is 1. The van der Waals surface area contributed by atoms with Crippen molar-refractivity contribution in [3.05, 3.63) is 17.8 Å². The summed E-state index contributed by atoms with van der Waals surface area (Å²) < 4.78 is 9.96. The highest BCUT2D eigenvalue weighted by atomic mass is 16.5. The molecule has 1 unspecified atom stereocenters. The molecule has 1 rings (SSSR count). The summed E-state index contributed by atoms with van der Waals surface area (Å²) in [6.07, 6.45) is 0.